The molecule has 0 saturated carbocycles. The Morgan fingerprint density at radius 2 is 0.976 bits per heavy atom. The minimum absolute atomic E-state index is 0.332. The zero-order chi connectivity index (χ0) is 31.1. The van der Waals surface area contributed by atoms with E-state index >= 15 is 0 Å². The normalized spacial score (nSPS) is 12.5. The molecule has 0 bridgehead atoms. The van der Waals surface area contributed by atoms with Crippen LogP contribution in [0.25, 0.3) is 0 Å². The molecule has 0 aliphatic carbocycles. The molecule has 0 aromatic heterocycles. The predicted octanol–water partition coefficient (Wildman–Crippen LogP) is 4.37. The first-order valence-corrected chi connectivity index (χ1v) is 14.5. The number of hydrogen-bond donors (Lipinski definition) is 0. The molecule has 0 spiro atoms. The van der Waals surface area contributed by atoms with Gasteiger partial charge in [0.15, 0.2) is 34.1 Å². The van der Waals surface area contributed by atoms with Crippen LogP contribution in [0.3, 0.4) is 0 Å². The molecule has 2 aromatic carbocycles. The molecule has 0 fully saturated rings. The second-order valence-electron chi connectivity index (χ2n) is 9.69. The second kappa shape index (κ2) is 18.6. The lowest BCUT2D eigenvalue weighted by atomic mass is 10.1. The number of esters is 2. The Balaban J connectivity index is 1.65. The van der Waals surface area contributed by atoms with Gasteiger partial charge in [-0.3, -0.25) is 0 Å². The summed E-state index contributed by atoms with van der Waals surface area (Å²) in [5.41, 5.74) is 0.224. The van der Waals surface area contributed by atoms with Crippen molar-refractivity contribution in [1.29, 1.82) is 0 Å². The van der Waals surface area contributed by atoms with Gasteiger partial charge in [0.05, 0.1) is 28.4 Å². The molecule has 10 nitrogen and oxygen atoms in total. The van der Waals surface area contributed by atoms with Crippen LogP contribution in [0.5, 0.6) is 23.0 Å². The number of hydrogen-bond acceptors (Lipinski definition) is 10. The highest BCUT2D eigenvalue weighted by molar-refractivity contribution is 6.32. The number of carbonyl (C=O) groups excluding carboxylic acids is 2. The van der Waals surface area contributed by atoms with Gasteiger partial charge < -0.3 is 38.2 Å². The molecule has 2 aromatic rings. The Morgan fingerprint density at radius 3 is 1.31 bits per heavy atom. The van der Waals surface area contributed by atoms with Crippen LogP contribution < -0.4 is 18.9 Å². The van der Waals surface area contributed by atoms with Crippen LogP contribution in [-0.2, 0) is 31.9 Å². The van der Waals surface area contributed by atoms with E-state index in [0.29, 0.717) is 48.9 Å². The molecule has 0 amide bonds. The molecule has 0 saturated heterocycles. The summed E-state index contributed by atoms with van der Waals surface area (Å²) >= 11 is 12.3. The molecule has 2 rings (SSSR count). The summed E-state index contributed by atoms with van der Waals surface area (Å²) < 4.78 is 31.3. The van der Waals surface area contributed by atoms with Gasteiger partial charge >= 0.3 is 11.9 Å². The molecule has 0 aliphatic rings. The molecule has 0 aliphatic heterocycles. The van der Waals surface area contributed by atoms with E-state index in [1.54, 1.807) is 28.4 Å². The number of ether oxygens (including phenoxy) is 6. The largest absolute Gasteiger partial charge is 0.493 e. The highest BCUT2D eigenvalue weighted by atomic mass is 35.5. The summed E-state index contributed by atoms with van der Waals surface area (Å²) in [5.74, 6) is 0.361. The summed E-state index contributed by atoms with van der Waals surface area (Å²) in [4.78, 5) is 28.4. The Labute approximate surface area is 258 Å². The monoisotopic (exact) mass is 628 g/mol. The standard InChI is InChI=1S/C30H42Cl2N2O8/c1-33(15-11-21-7-9-23(37-3)25(19-21)39-5)17-13-27(31)41-29(35)30(36)42-28(32)14-18-34(2)16-12-22-8-10-24(38-4)26(20-22)40-6/h7-10,19-20,27-28H,11-18H2,1-6H3. The van der Waals surface area contributed by atoms with Crippen LogP contribution in [0.4, 0.5) is 0 Å². The van der Waals surface area contributed by atoms with Gasteiger partial charge in [-0.15, -0.1) is 0 Å². The molecule has 0 heterocycles. The topological polar surface area (TPSA) is 96.0 Å². The number of nitrogens with zero attached hydrogens (tertiary/aromatic N) is 2. The van der Waals surface area contributed by atoms with Gasteiger partial charge in [-0.1, -0.05) is 35.3 Å². The summed E-state index contributed by atoms with van der Waals surface area (Å²) in [7, 11) is 10.3. The van der Waals surface area contributed by atoms with E-state index in [4.69, 9.17) is 51.6 Å². The van der Waals surface area contributed by atoms with Crippen molar-refractivity contribution >= 4 is 35.1 Å². The zero-order valence-electron chi connectivity index (χ0n) is 25.2. The summed E-state index contributed by atoms with van der Waals surface area (Å²) in [6, 6.07) is 11.6. The van der Waals surface area contributed by atoms with Crippen molar-refractivity contribution in [2.24, 2.45) is 0 Å². The van der Waals surface area contributed by atoms with Crippen molar-refractivity contribution in [1.82, 2.24) is 9.80 Å². The van der Waals surface area contributed by atoms with E-state index in [2.05, 4.69) is 9.80 Å². The fraction of sp³-hybridized carbons (Fsp3) is 0.533. The van der Waals surface area contributed by atoms with Crippen molar-refractivity contribution < 1.29 is 38.0 Å². The van der Waals surface area contributed by atoms with E-state index < -0.39 is 23.1 Å². The quantitative estimate of drug-likeness (QED) is 0.134. The average molecular weight is 630 g/mol. The smallest absolute Gasteiger partial charge is 0.419 e. The van der Waals surface area contributed by atoms with Gasteiger partial charge in [-0.2, -0.15) is 0 Å². The second-order valence-corrected chi connectivity index (χ2v) is 10.7. The number of benzene rings is 2. The fourth-order valence-electron chi connectivity index (χ4n) is 4.03. The van der Waals surface area contributed by atoms with Crippen molar-refractivity contribution in [3.05, 3.63) is 47.5 Å². The molecule has 0 N–H and O–H groups in total. The van der Waals surface area contributed by atoms with Crippen LogP contribution in [-0.4, -0.2) is 102 Å². The van der Waals surface area contributed by atoms with Gasteiger partial charge in [0.1, 0.15) is 0 Å². The highest BCUT2D eigenvalue weighted by Crippen LogP contribution is 2.28. The molecule has 2 unspecified atom stereocenters. The Hall–Kier alpha value is -2.92. The number of carbonyl (C=O) groups is 2. The van der Waals surface area contributed by atoms with Gasteiger partial charge in [0.2, 0.25) is 0 Å². The minimum atomic E-state index is -1.17. The molecule has 2 atom stereocenters. The third-order valence-electron chi connectivity index (χ3n) is 6.57. The first-order chi connectivity index (χ1) is 20.1. The third kappa shape index (κ3) is 12.1. The molecule has 42 heavy (non-hydrogen) atoms. The maximum absolute atomic E-state index is 12.1. The van der Waals surface area contributed by atoms with Gasteiger partial charge in [-0.25, -0.2) is 9.59 Å². The lowest BCUT2D eigenvalue weighted by Gasteiger charge is -2.20. The van der Waals surface area contributed by atoms with Crippen molar-refractivity contribution in [2.75, 3.05) is 68.7 Å². The Morgan fingerprint density at radius 1 is 0.619 bits per heavy atom. The summed E-state index contributed by atoms with van der Waals surface area (Å²) in [6.07, 6.45) is 2.22. The van der Waals surface area contributed by atoms with Gasteiger partial charge in [0.25, 0.3) is 0 Å². The van der Waals surface area contributed by atoms with Crippen LogP contribution in [0, 0.1) is 0 Å². The molecule has 234 valence electrons. The lowest BCUT2D eigenvalue weighted by Crippen LogP contribution is -2.30. The highest BCUT2D eigenvalue weighted by Gasteiger charge is 2.24. The van der Waals surface area contributed by atoms with Crippen LogP contribution in [0.2, 0.25) is 0 Å². The van der Waals surface area contributed by atoms with Crippen LogP contribution >= 0.6 is 23.2 Å². The predicted molar refractivity (Wildman–Crippen MR) is 162 cm³/mol. The molecular weight excluding hydrogens is 587 g/mol. The van der Waals surface area contributed by atoms with E-state index in [0.717, 1.165) is 37.1 Å². The molecular formula is C30H42Cl2N2O8. The lowest BCUT2D eigenvalue weighted by molar-refractivity contribution is -0.170. The van der Waals surface area contributed by atoms with Crippen LogP contribution in [0.15, 0.2) is 36.4 Å². The number of likely N-dealkylation sites (N-methyl/N-ethyl adjacent to an activating group) is 2. The van der Waals surface area contributed by atoms with Crippen molar-refractivity contribution in [3.8, 4) is 23.0 Å². The van der Waals surface area contributed by atoms with E-state index in [9.17, 15) is 9.59 Å². The van der Waals surface area contributed by atoms with Gasteiger partial charge in [-0.05, 0) is 62.3 Å². The van der Waals surface area contributed by atoms with E-state index in [1.165, 1.54) is 0 Å². The maximum Gasteiger partial charge on any atom is 0.419 e. The van der Waals surface area contributed by atoms with Gasteiger partial charge in [0, 0.05) is 39.0 Å². The first kappa shape index (κ1) is 35.3. The third-order valence-corrected chi connectivity index (χ3v) is 7.19. The van der Waals surface area contributed by atoms with Crippen LogP contribution in [0.1, 0.15) is 24.0 Å². The number of methoxy groups -OCH3 is 4. The van der Waals surface area contributed by atoms with E-state index in [-0.39, 0.29) is 0 Å². The number of halogens is 2. The molecule has 12 heteroatoms. The molecule has 0 radical (unpaired) electrons. The first-order valence-electron chi connectivity index (χ1n) is 13.6. The van der Waals surface area contributed by atoms with E-state index in [1.807, 2.05) is 50.5 Å². The Bertz CT molecular complexity index is 1050. The summed E-state index contributed by atoms with van der Waals surface area (Å²) in [6.45, 7) is 2.59. The number of rotatable bonds is 18. The zero-order valence-corrected chi connectivity index (χ0v) is 26.7. The minimum Gasteiger partial charge on any atom is -0.493 e. The number of alkyl halides is 2. The SMILES string of the molecule is COc1ccc(CCN(C)CCC(Cl)OC(=O)C(=O)OC(Cl)CCN(C)CCc2ccc(OC)c(OC)c2)cc1OC. The summed E-state index contributed by atoms with van der Waals surface area (Å²) in [5, 5.41) is 0. The van der Waals surface area contributed by atoms with Crippen molar-refractivity contribution in [2.45, 2.75) is 36.8 Å². The Kier molecular flexibility index (Phi) is 15.6. The van der Waals surface area contributed by atoms with Crippen molar-refractivity contribution in [3.63, 3.8) is 0 Å². The average Bonchev–Trinajstić information content (AvgIpc) is 3.00. The maximum atomic E-state index is 12.1. The fourth-order valence-corrected chi connectivity index (χ4v) is 4.38.